The van der Waals surface area contributed by atoms with Crippen LogP contribution < -0.4 is 0 Å². The molecule has 0 aliphatic heterocycles. The summed E-state index contributed by atoms with van der Waals surface area (Å²) in [6.45, 7) is 2.35. The van der Waals surface area contributed by atoms with E-state index in [1.807, 2.05) is 182 Å². The molecule has 0 radical (unpaired) electrons. The molecule has 0 amide bonds. The predicted octanol–water partition coefficient (Wildman–Crippen LogP) is 9.06. The van der Waals surface area contributed by atoms with Gasteiger partial charge in [-0.1, -0.05) is 182 Å². The van der Waals surface area contributed by atoms with Crippen molar-refractivity contribution in [2.45, 2.75) is 106 Å². The molecular weight excluding hydrogens is 869 g/mol. The van der Waals surface area contributed by atoms with Gasteiger partial charge in [0, 0.05) is 25.0 Å². The van der Waals surface area contributed by atoms with Gasteiger partial charge in [0.15, 0.2) is 12.4 Å². The summed E-state index contributed by atoms with van der Waals surface area (Å²) in [7, 11) is 0. The second-order valence-electron chi connectivity index (χ2n) is 16.0. The standard InChI is InChI=1S/C55H62O11S/c1-41(56)65-52(50(62-38-44-24-12-4-13-25-44)48(57)32-34-60-36-42-20-8-2-9-21-42)54(58)66-49(33-35-61-37-43-22-10-3-11-23-43)51(63-39-45-26-14-5-15-27-45)53(64-40-46-28-16-6-17-29-46)55(59)67-47-30-18-7-19-31-47/h2-31,48-55,57-59H,32-40H2,1H3. The van der Waals surface area contributed by atoms with Crippen LogP contribution in [0.4, 0.5) is 0 Å². The summed E-state index contributed by atoms with van der Waals surface area (Å²) >= 11 is 1.20. The first-order chi connectivity index (χ1) is 32.8. The van der Waals surface area contributed by atoms with Crippen LogP contribution in [0.5, 0.6) is 0 Å². The summed E-state index contributed by atoms with van der Waals surface area (Å²) in [5.41, 5.74) is 3.24. The van der Waals surface area contributed by atoms with E-state index >= 15 is 0 Å². The van der Waals surface area contributed by atoms with E-state index in [-0.39, 0.29) is 45.9 Å². The van der Waals surface area contributed by atoms with Crippen molar-refractivity contribution in [2.75, 3.05) is 13.2 Å². The number of hydrogen-bond acceptors (Lipinski definition) is 12. The summed E-state index contributed by atoms with van der Waals surface area (Å²) in [5.74, 6) is -0.730. The third-order valence-electron chi connectivity index (χ3n) is 10.8. The van der Waals surface area contributed by atoms with Gasteiger partial charge in [0.1, 0.15) is 23.7 Å². The first kappa shape index (κ1) is 51.2. The maximum atomic E-state index is 12.9. The van der Waals surface area contributed by atoms with Crippen LogP contribution in [0.3, 0.4) is 0 Å². The molecule has 67 heavy (non-hydrogen) atoms. The van der Waals surface area contributed by atoms with E-state index in [1.165, 1.54) is 18.7 Å². The van der Waals surface area contributed by atoms with E-state index in [2.05, 4.69) is 0 Å². The third-order valence-corrected chi connectivity index (χ3v) is 11.8. The van der Waals surface area contributed by atoms with E-state index in [4.69, 9.17) is 33.2 Å². The Morgan fingerprint density at radius 2 is 0.836 bits per heavy atom. The van der Waals surface area contributed by atoms with E-state index < -0.39 is 54.3 Å². The lowest BCUT2D eigenvalue weighted by molar-refractivity contribution is -0.265. The van der Waals surface area contributed by atoms with Crippen LogP contribution in [-0.4, -0.2) is 82.9 Å². The van der Waals surface area contributed by atoms with Gasteiger partial charge >= 0.3 is 5.97 Å². The highest BCUT2D eigenvalue weighted by atomic mass is 32.2. The molecule has 6 rings (SSSR count). The molecule has 11 nitrogen and oxygen atoms in total. The molecule has 8 unspecified atom stereocenters. The van der Waals surface area contributed by atoms with Gasteiger partial charge in [-0.05, 0) is 52.8 Å². The van der Waals surface area contributed by atoms with Crippen molar-refractivity contribution in [3.05, 3.63) is 210 Å². The molecule has 0 heterocycles. The zero-order chi connectivity index (χ0) is 46.9. The van der Waals surface area contributed by atoms with Crippen molar-refractivity contribution < 1.29 is 53.3 Å². The van der Waals surface area contributed by atoms with Gasteiger partial charge in [0.05, 0.1) is 45.2 Å². The van der Waals surface area contributed by atoms with Crippen LogP contribution >= 0.6 is 11.8 Å². The molecule has 0 bridgehead atoms. The van der Waals surface area contributed by atoms with Crippen LogP contribution in [0, 0.1) is 0 Å². The normalized spacial score (nSPS) is 15.1. The number of rotatable bonds is 30. The van der Waals surface area contributed by atoms with Gasteiger partial charge < -0.3 is 48.5 Å². The van der Waals surface area contributed by atoms with Crippen molar-refractivity contribution in [2.24, 2.45) is 0 Å². The lowest BCUT2D eigenvalue weighted by Gasteiger charge is -2.39. The Labute approximate surface area is 398 Å². The van der Waals surface area contributed by atoms with Crippen molar-refractivity contribution in [1.29, 1.82) is 0 Å². The summed E-state index contributed by atoms with van der Waals surface area (Å²) in [5, 5.41) is 36.5. The molecule has 3 N–H and O–H groups in total. The largest absolute Gasteiger partial charge is 0.454 e. The smallest absolute Gasteiger partial charge is 0.303 e. The maximum Gasteiger partial charge on any atom is 0.303 e. The Morgan fingerprint density at radius 1 is 0.463 bits per heavy atom. The monoisotopic (exact) mass is 930 g/mol. The average molecular weight is 931 g/mol. The Balaban J connectivity index is 1.33. The zero-order valence-electron chi connectivity index (χ0n) is 37.8. The number of ether oxygens (including phenoxy) is 7. The highest BCUT2D eigenvalue weighted by molar-refractivity contribution is 7.99. The third kappa shape index (κ3) is 18.1. The second-order valence-corrected chi connectivity index (χ2v) is 17.2. The minimum atomic E-state index is -1.89. The Morgan fingerprint density at radius 3 is 1.27 bits per heavy atom. The van der Waals surface area contributed by atoms with E-state index in [0.717, 1.165) is 32.7 Å². The van der Waals surface area contributed by atoms with Crippen LogP contribution in [0.25, 0.3) is 0 Å². The number of esters is 1. The molecule has 0 saturated carbocycles. The topological polar surface area (TPSA) is 142 Å². The number of benzene rings is 6. The number of hydrogen-bond donors (Lipinski definition) is 3. The molecule has 0 saturated heterocycles. The number of aliphatic hydroxyl groups is 3. The minimum Gasteiger partial charge on any atom is -0.454 e. The maximum absolute atomic E-state index is 12.9. The summed E-state index contributed by atoms with van der Waals surface area (Å²) < 4.78 is 44.5. The van der Waals surface area contributed by atoms with E-state index in [0.29, 0.717) is 13.2 Å². The summed E-state index contributed by atoms with van der Waals surface area (Å²) in [6.07, 6.45) is -8.99. The average Bonchev–Trinajstić information content (AvgIpc) is 3.36. The predicted molar refractivity (Wildman–Crippen MR) is 257 cm³/mol. The van der Waals surface area contributed by atoms with E-state index in [1.54, 1.807) is 0 Å². The van der Waals surface area contributed by atoms with Gasteiger partial charge in [-0.3, -0.25) is 4.79 Å². The lowest BCUT2D eigenvalue weighted by atomic mass is 10.0. The molecular formula is C55H62O11S. The van der Waals surface area contributed by atoms with Crippen molar-refractivity contribution in [3.63, 3.8) is 0 Å². The highest BCUT2D eigenvalue weighted by Crippen LogP contribution is 2.32. The summed E-state index contributed by atoms with van der Waals surface area (Å²) in [4.78, 5) is 13.7. The van der Waals surface area contributed by atoms with Crippen LogP contribution in [0.15, 0.2) is 187 Å². The fraction of sp³-hybridized carbons (Fsp3) is 0.327. The van der Waals surface area contributed by atoms with E-state index in [9.17, 15) is 20.1 Å². The fourth-order valence-electron chi connectivity index (χ4n) is 7.33. The zero-order valence-corrected chi connectivity index (χ0v) is 38.6. The molecule has 12 heteroatoms. The lowest BCUT2D eigenvalue weighted by Crippen LogP contribution is -2.54. The van der Waals surface area contributed by atoms with Gasteiger partial charge in [0.2, 0.25) is 0 Å². The molecule has 6 aromatic carbocycles. The highest BCUT2D eigenvalue weighted by Gasteiger charge is 2.43. The molecule has 0 aliphatic carbocycles. The molecule has 354 valence electrons. The summed E-state index contributed by atoms with van der Waals surface area (Å²) in [6, 6.07) is 57.4. The first-order valence-electron chi connectivity index (χ1n) is 22.6. The first-order valence-corrected chi connectivity index (χ1v) is 23.5. The number of aliphatic hydroxyl groups excluding tert-OH is 3. The molecule has 0 aromatic heterocycles. The van der Waals surface area contributed by atoms with Crippen LogP contribution in [-0.2, 0) is 71.0 Å². The fourth-order valence-corrected chi connectivity index (χ4v) is 8.29. The minimum absolute atomic E-state index is 0.0236. The van der Waals surface area contributed by atoms with Crippen molar-refractivity contribution >= 4 is 17.7 Å². The Hall–Kier alpha value is -5.22. The van der Waals surface area contributed by atoms with Gasteiger partial charge in [-0.15, -0.1) is 0 Å². The molecule has 0 fully saturated rings. The Bertz CT molecular complexity index is 2210. The number of carbonyl (C=O) groups is 1. The van der Waals surface area contributed by atoms with Crippen LogP contribution in [0.2, 0.25) is 0 Å². The Kier molecular flexibility index (Phi) is 22.0. The SMILES string of the molecule is CC(=O)OC(C(O)OC(CCOCc1ccccc1)C(OCc1ccccc1)C(OCc1ccccc1)C(O)Sc1ccccc1)C(OCc1ccccc1)C(O)CCOCc1ccccc1. The molecule has 0 aliphatic rings. The van der Waals surface area contributed by atoms with Gasteiger partial charge in [-0.25, -0.2) is 0 Å². The van der Waals surface area contributed by atoms with Crippen LogP contribution in [0.1, 0.15) is 47.6 Å². The number of carbonyl (C=O) groups excluding carboxylic acids is 1. The molecule has 0 spiro atoms. The van der Waals surface area contributed by atoms with Crippen molar-refractivity contribution in [1.82, 2.24) is 0 Å². The molecule has 8 atom stereocenters. The quantitative estimate of drug-likeness (QED) is 0.0172. The van der Waals surface area contributed by atoms with Gasteiger partial charge in [-0.2, -0.15) is 0 Å². The molecule has 6 aromatic rings. The number of thioether (sulfide) groups is 1. The van der Waals surface area contributed by atoms with Crippen molar-refractivity contribution in [3.8, 4) is 0 Å². The van der Waals surface area contributed by atoms with Gasteiger partial charge in [0.25, 0.3) is 0 Å². The second kappa shape index (κ2) is 28.8.